The number of aliphatic hydroxyl groups excluding tert-OH is 1. The molecule has 2 saturated heterocycles. The smallest absolute Gasteiger partial charge is 0.194 e. The summed E-state index contributed by atoms with van der Waals surface area (Å²) in [5.74, 6) is 0.947. The molecule has 2 aliphatic heterocycles. The Labute approximate surface area is 187 Å². The number of anilines is 1. The molecule has 28 heavy (non-hydrogen) atoms. The van der Waals surface area contributed by atoms with Gasteiger partial charge in [-0.1, -0.05) is 12.1 Å². The van der Waals surface area contributed by atoms with Crippen molar-refractivity contribution in [3.05, 3.63) is 29.3 Å². The Hall–Kier alpha value is -1.06. The summed E-state index contributed by atoms with van der Waals surface area (Å²) in [5.41, 5.74) is 4.15. The lowest BCUT2D eigenvalue weighted by atomic mass is 10.1. The van der Waals surface area contributed by atoms with Gasteiger partial charge in [0.25, 0.3) is 0 Å². The van der Waals surface area contributed by atoms with Gasteiger partial charge in [0, 0.05) is 58.0 Å². The monoisotopic (exact) mass is 501 g/mol. The van der Waals surface area contributed by atoms with E-state index in [2.05, 4.69) is 59.0 Å². The maximum atomic E-state index is 9.76. The van der Waals surface area contributed by atoms with Crippen molar-refractivity contribution in [1.29, 1.82) is 0 Å². The predicted molar refractivity (Wildman–Crippen MR) is 128 cm³/mol. The van der Waals surface area contributed by atoms with E-state index < -0.39 is 0 Å². The number of aliphatic imine (C=N–C) groups is 1. The molecule has 1 aromatic carbocycles. The number of hydrogen-bond donors (Lipinski definition) is 2. The summed E-state index contributed by atoms with van der Waals surface area (Å²) in [4.78, 5) is 12.0. The molecule has 2 heterocycles. The summed E-state index contributed by atoms with van der Waals surface area (Å²) in [5, 5.41) is 13.1. The van der Waals surface area contributed by atoms with E-state index in [-0.39, 0.29) is 30.1 Å². The van der Waals surface area contributed by atoms with Crippen molar-refractivity contribution in [2.45, 2.75) is 33.3 Å². The molecule has 1 atom stereocenters. The largest absolute Gasteiger partial charge is 0.391 e. The number of piperazine rings is 1. The predicted octanol–water partition coefficient (Wildman–Crippen LogP) is 2.08. The van der Waals surface area contributed by atoms with Crippen LogP contribution in [0.4, 0.5) is 5.69 Å². The van der Waals surface area contributed by atoms with Crippen LogP contribution in [-0.2, 0) is 0 Å². The van der Waals surface area contributed by atoms with Crippen molar-refractivity contribution in [2.75, 3.05) is 63.8 Å². The van der Waals surface area contributed by atoms with Crippen LogP contribution in [0.1, 0.15) is 24.5 Å². The van der Waals surface area contributed by atoms with Crippen molar-refractivity contribution in [3.8, 4) is 0 Å². The van der Waals surface area contributed by atoms with E-state index in [0.717, 1.165) is 64.7 Å². The molecule has 2 N–H and O–H groups in total. The number of nitrogens with zero attached hydrogens (tertiary/aromatic N) is 4. The lowest BCUT2D eigenvalue weighted by molar-refractivity contribution is 0.187. The van der Waals surface area contributed by atoms with Crippen LogP contribution < -0.4 is 10.2 Å². The van der Waals surface area contributed by atoms with Gasteiger partial charge in [0.15, 0.2) is 5.96 Å². The molecule has 6 nitrogen and oxygen atoms in total. The highest BCUT2D eigenvalue weighted by molar-refractivity contribution is 14.0. The number of rotatable bonds is 5. The number of β-amino-alcohol motifs (C(OH)–C–C–N with tert-alkyl or cyclic N) is 1. The highest BCUT2D eigenvalue weighted by Gasteiger charge is 2.23. The Morgan fingerprint density at radius 1 is 1.18 bits per heavy atom. The Balaban J connectivity index is 0.00000280. The van der Waals surface area contributed by atoms with Crippen LogP contribution in [-0.4, -0.2) is 85.9 Å². The number of benzene rings is 1. The van der Waals surface area contributed by atoms with Crippen LogP contribution in [0.5, 0.6) is 0 Å². The molecule has 0 unspecified atom stereocenters. The fourth-order valence-corrected chi connectivity index (χ4v) is 3.95. The minimum atomic E-state index is -0.216. The zero-order valence-electron chi connectivity index (χ0n) is 17.5. The van der Waals surface area contributed by atoms with Gasteiger partial charge < -0.3 is 20.2 Å². The number of likely N-dealkylation sites (tertiary alicyclic amines) is 1. The van der Waals surface area contributed by atoms with E-state index in [1.165, 1.54) is 16.8 Å². The van der Waals surface area contributed by atoms with Crippen LogP contribution in [0.15, 0.2) is 23.2 Å². The number of halogens is 1. The molecule has 0 radical (unpaired) electrons. The summed E-state index contributed by atoms with van der Waals surface area (Å²) < 4.78 is 0. The second kappa shape index (κ2) is 11.2. The molecule has 7 heteroatoms. The van der Waals surface area contributed by atoms with Crippen LogP contribution in [0.2, 0.25) is 0 Å². The molecule has 0 bridgehead atoms. The maximum Gasteiger partial charge on any atom is 0.194 e. The molecule has 0 spiro atoms. The van der Waals surface area contributed by atoms with E-state index in [1.807, 2.05) is 0 Å². The summed E-state index contributed by atoms with van der Waals surface area (Å²) in [7, 11) is 0. The minimum absolute atomic E-state index is 0. The van der Waals surface area contributed by atoms with E-state index in [4.69, 9.17) is 4.99 Å². The van der Waals surface area contributed by atoms with Gasteiger partial charge in [-0.3, -0.25) is 9.89 Å². The van der Waals surface area contributed by atoms with Gasteiger partial charge in [-0.15, -0.1) is 24.0 Å². The lowest BCUT2D eigenvalue weighted by Gasteiger charge is -2.37. The van der Waals surface area contributed by atoms with Gasteiger partial charge >= 0.3 is 0 Å². The quantitative estimate of drug-likeness (QED) is 0.368. The summed E-state index contributed by atoms with van der Waals surface area (Å²) in [6.45, 7) is 15.1. The Morgan fingerprint density at radius 3 is 2.57 bits per heavy atom. The van der Waals surface area contributed by atoms with Crippen LogP contribution in [0, 0.1) is 13.8 Å². The van der Waals surface area contributed by atoms with E-state index in [0.29, 0.717) is 6.54 Å². The maximum absolute atomic E-state index is 9.76. The Bertz CT molecular complexity index is 646. The number of nitrogens with one attached hydrogen (secondary N) is 1. The first kappa shape index (κ1) is 23.2. The number of guanidine groups is 1. The second-order valence-electron chi connectivity index (χ2n) is 7.67. The number of aliphatic hydroxyl groups is 1. The van der Waals surface area contributed by atoms with E-state index in [9.17, 15) is 5.11 Å². The van der Waals surface area contributed by atoms with Gasteiger partial charge in [0.05, 0.1) is 12.6 Å². The third-order valence-electron chi connectivity index (χ3n) is 5.76. The second-order valence-corrected chi connectivity index (χ2v) is 7.67. The van der Waals surface area contributed by atoms with Crippen molar-refractivity contribution >= 4 is 35.6 Å². The third kappa shape index (κ3) is 5.97. The van der Waals surface area contributed by atoms with Gasteiger partial charge in [-0.25, -0.2) is 0 Å². The first-order chi connectivity index (χ1) is 13.1. The van der Waals surface area contributed by atoms with Crippen molar-refractivity contribution in [3.63, 3.8) is 0 Å². The molecule has 1 aromatic rings. The molecule has 3 rings (SSSR count). The zero-order chi connectivity index (χ0) is 19.2. The molecule has 0 saturated carbocycles. The van der Waals surface area contributed by atoms with Crippen molar-refractivity contribution in [1.82, 2.24) is 15.1 Å². The summed E-state index contributed by atoms with van der Waals surface area (Å²) in [6.07, 6.45) is 0.622. The number of hydrogen-bond acceptors (Lipinski definition) is 4. The molecule has 0 aromatic heterocycles. The topological polar surface area (TPSA) is 54.3 Å². The van der Waals surface area contributed by atoms with Crippen molar-refractivity contribution < 1.29 is 5.11 Å². The first-order valence-corrected chi connectivity index (χ1v) is 10.3. The van der Waals surface area contributed by atoms with Gasteiger partial charge in [-0.2, -0.15) is 0 Å². The highest BCUT2D eigenvalue weighted by atomic mass is 127. The van der Waals surface area contributed by atoms with Gasteiger partial charge in [0.2, 0.25) is 0 Å². The normalized spacial score (nSPS) is 21.0. The average molecular weight is 501 g/mol. The first-order valence-electron chi connectivity index (χ1n) is 10.3. The molecule has 2 fully saturated rings. The standard InChI is InChI=1S/C21H35N5O.HI/c1-4-22-21(26-10-8-19(27)16-26)23-9-11-24-12-14-25(15-13-24)20-7-5-6-17(2)18(20)3;/h5-7,19,27H,4,8-16H2,1-3H3,(H,22,23);1H/t19-;/m1./s1. The third-order valence-corrected chi connectivity index (χ3v) is 5.76. The highest BCUT2D eigenvalue weighted by Crippen LogP contribution is 2.23. The average Bonchev–Trinajstić information content (AvgIpc) is 3.10. The molecular formula is C21H36IN5O. The fourth-order valence-electron chi connectivity index (χ4n) is 3.95. The SMILES string of the molecule is CCNC(=NCCN1CCN(c2cccc(C)c2C)CC1)N1CC[C@@H](O)C1.I. The minimum Gasteiger partial charge on any atom is -0.391 e. The van der Waals surface area contributed by atoms with Crippen LogP contribution in [0.25, 0.3) is 0 Å². The Kier molecular flexibility index (Phi) is 9.30. The van der Waals surface area contributed by atoms with Gasteiger partial charge in [0.1, 0.15) is 0 Å². The van der Waals surface area contributed by atoms with Crippen LogP contribution >= 0.6 is 24.0 Å². The van der Waals surface area contributed by atoms with E-state index in [1.54, 1.807) is 0 Å². The lowest BCUT2D eigenvalue weighted by Crippen LogP contribution is -2.47. The Morgan fingerprint density at radius 2 is 1.93 bits per heavy atom. The molecule has 0 amide bonds. The van der Waals surface area contributed by atoms with E-state index >= 15 is 0 Å². The summed E-state index contributed by atoms with van der Waals surface area (Å²) in [6, 6.07) is 6.60. The van der Waals surface area contributed by atoms with Crippen LogP contribution in [0.3, 0.4) is 0 Å². The molecule has 2 aliphatic rings. The molecular weight excluding hydrogens is 465 g/mol. The summed E-state index contributed by atoms with van der Waals surface area (Å²) >= 11 is 0. The molecule has 0 aliphatic carbocycles. The zero-order valence-corrected chi connectivity index (χ0v) is 19.9. The molecule has 158 valence electrons. The van der Waals surface area contributed by atoms with Crippen molar-refractivity contribution in [2.24, 2.45) is 4.99 Å². The number of aryl methyl sites for hydroxylation is 1. The van der Waals surface area contributed by atoms with Gasteiger partial charge in [-0.05, 0) is 44.4 Å². The fraction of sp³-hybridized carbons (Fsp3) is 0.667.